The summed E-state index contributed by atoms with van der Waals surface area (Å²) in [5.74, 6) is 3.35. The van der Waals surface area contributed by atoms with Gasteiger partial charge in [0.15, 0.2) is 11.8 Å². The average Bonchev–Trinajstić information content (AvgIpc) is 3.13. The number of rotatable bonds is 9. The molecule has 0 amide bonds. The van der Waals surface area contributed by atoms with E-state index in [1.54, 1.807) is 7.11 Å². The molecule has 0 unspecified atom stereocenters. The summed E-state index contributed by atoms with van der Waals surface area (Å²) in [5.41, 5.74) is 2.49. The second kappa shape index (κ2) is 10.8. The van der Waals surface area contributed by atoms with Crippen molar-refractivity contribution < 1.29 is 4.74 Å². The summed E-state index contributed by atoms with van der Waals surface area (Å²) >= 11 is 0. The average molecular weight is 435 g/mol. The van der Waals surface area contributed by atoms with Crippen molar-refractivity contribution in [3.8, 4) is 5.75 Å². The van der Waals surface area contributed by atoms with Gasteiger partial charge in [0.2, 0.25) is 0 Å². The molecule has 2 aromatic carbocycles. The third kappa shape index (κ3) is 6.33. The highest BCUT2D eigenvalue weighted by Gasteiger charge is 2.20. The highest BCUT2D eigenvalue weighted by Crippen LogP contribution is 2.21. The summed E-state index contributed by atoms with van der Waals surface area (Å²) in [5, 5.41) is 15.3. The van der Waals surface area contributed by atoms with Crippen molar-refractivity contribution in [2.45, 2.75) is 39.2 Å². The smallest absolute Gasteiger partial charge is 0.191 e. The highest BCUT2D eigenvalue weighted by molar-refractivity contribution is 5.79. The van der Waals surface area contributed by atoms with E-state index in [0.29, 0.717) is 6.54 Å². The first-order valence-corrected chi connectivity index (χ1v) is 10.9. The van der Waals surface area contributed by atoms with Gasteiger partial charge in [-0.1, -0.05) is 56.3 Å². The van der Waals surface area contributed by atoms with Crippen molar-refractivity contribution in [2.24, 2.45) is 12.0 Å². The van der Waals surface area contributed by atoms with E-state index in [9.17, 15) is 0 Å². The van der Waals surface area contributed by atoms with E-state index in [2.05, 4.69) is 71.1 Å². The van der Waals surface area contributed by atoms with Crippen LogP contribution in [0.3, 0.4) is 0 Å². The normalized spacial score (nSPS) is 12.0. The van der Waals surface area contributed by atoms with E-state index >= 15 is 0 Å². The summed E-state index contributed by atoms with van der Waals surface area (Å²) in [6.07, 6.45) is 0.885. The fraction of sp³-hybridized carbons (Fsp3) is 0.400. The number of nitrogens with zero attached hydrogens (tertiary/aromatic N) is 4. The second-order valence-electron chi connectivity index (χ2n) is 8.52. The van der Waals surface area contributed by atoms with Gasteiger partial charge in [0.1, 0.15) is 18.1 Å². The number of aryl methyl sites for hydroxylation is 1. The lowest BCUT2D eigenvalue weighted by Crippen LogP contribution is -2.44. The lowest BCUT2D eigenvalue weighted by molar-refractivity contribution is 0.414. The van der Waals surface area contributed by atoms with Crippen LogP contribution < -0.4 is 15.4 Å². The number of hydrogen-bond donors (Lipinski definition) is 2. The minimum atomic E-state index is -0.0406. The van der Waals surface area contributed by atoms with Gasteiger partial charge < -0.3 is 19.9 Å². The van der Waals surface area contributed by atoms with Gasteiger partial charge in [0, 0.05) is 25.6 Å². The highest BCUT2D eigenvalue weighted by atomic mass is 16.5. The number of aliphatic imine (C=N–C) groups is 1. The van der Waals surface area contributed by atoms with Crippen molar-refractivity contribution in [1.29, 1.82) is 0 Å². The molecule has 170 valence electrons. The molecule has 0 saturated heterocycles. The van der Waals surface area contributed by atoms with Gasteiger partial charge in [-0.3, -0.25) is 0 Å². The zero-order valence-electron chi connectivity index (χ0n) is 19.7. The molecule has 3 rings (SSSR count). The molecule has 0 fully saturated rings. The van der Waals surface area contributed by atoms with E-state index in [1.807, 2.05) is 36.7 Å². The molecule has 0 radical (unpaired) electrons. The predicted octanol–water partition coefficient (Wildman–Crippen LogP) is 3.39. The summed E-state index contributed by atoms with van der Waals surface area (Å²) < 4.78 is 7.20. The van der Waals surface area contributed by atoms with E-state index in [1.165, 1.54) is 11.1 Å². The van der Waals surface area contributed by atoms with E-state index < -0.39 is 0 Å². The van der Waals surface area contributed by atoms with Crippen LogP contribution in [0.4, 0.5) is 0 Å². The molecule has 7 heteroatoms. The van der Waals surface area contributed by atoms with Crippen LogP contribution in [0.2, 0.25) is 0 Å². The Balaban J connectivity index is 1.65. The molecule has 1 aromatic heterocycles. The molecule has 0 aliphatic carbocycles. The molecule has 7 nitrogen and oxygen atoms in total. The number of guanidine groups is 1. The van der Waals surface area contributed by atoms with Gasteiger partial charge in [-0.2, -0.15) is 0 Å². The Morgan fingerprint density at radius 2 is 1.75 bits per heavy atom. The molecular weight excluding hydrogens is 400 g/mol. The maximum atomic E-state index is 5.24. The Labute approximate surface area is 190 Å². The molecule has 1 heterocycles. The molecule has 0 bridgehead atoms. The molecule has 32 heavy (non-hydrogen) atoms. The standard InChI is InChI=1S/C25H34N6O/c1-19-29-30-23(31(19)4)17-27-24(26-16-15-20-11-13-22(32-5)14-12-20)28-18-25(2,3)21-9-7-6-8-10-21/h6-14H,15-18H2,1-5H3,(H2,26,27,28). The van der Waals surface area contributed by atoms with Crippen molar-refractivity contribution >= 4 is 5.96 Å². The SMILES string of the molecule is COc1ccc(CCNC(=NCc2nnc(C)n2C)NCC(C)(C)c2ccccc2)cc1. The fourth-order valence-corrected chi connectivity index (χ4v) is 3.33. The molecule has 0 aliphatic rings. The number of nitrogens with one attached hydrogen (secondary N) is 2. The van der Waals surface area contributed by atoms with Crippen LogP contribution in [0.15, 0.2) is 59.6 Å². The molecule has 0 atom stereocenters. The van der Waals surface area contributed by atoms with Crippen LogP contribution in [0.25, 0.3) is 0 Å². The number of methoxy groups -OCH3 is 1. The van der Waals surface area contributed by atoms with Gasteiger partial charge in [-0.25, -0.2) is 4.99 Å². The van der Waals surface area contributed by atoms with Crippen LogP contribution in [0.1, 0.15) is 36.6 Å². The van der Waals surface area contributed by atoms with Gasteiger partial charge in [0.05, 0.1) is 7.11 Å². The third-order valence-corrected chi connectivity index (χ3v) is 5.68. The fourth-order valence-electron chi connectivity index (χ4n) is 3.33. The third-order valence-electron chi connectivity index (χ3n) is 5.68. The van der Waals surface area contributed by atoms with Gasteiger partial charge in [0.25, 0.3) is 0 Å². The lowest BCUT2D eigenvalue weighted by Gasteiger charge is -2.27. The van der Waals surface area contributed by atoms with E-state index in [0.717, 1.165) is 42.9 Å². The topological polar surface area (TPSA) is 76.4 Å². The number of aromatic nitrogens is 3. The van der Waals surface area contributed by atoms with Gasteiger partial charge >= 0.3 is 0 Å². The minimum Gasteiger partial charge on any atom is -0.497 e. The van der Waals surface area contributed by atoms with Gasteiger partial charge in [-0.05, 0) is 36.6 Å². The Hall–Kier alpha value is -3.35. The molecule has 0 aliphatic heterocycles. The Morgan fingerprint density at radius 3 is 2.38 bits per heavy atom. The molecular formula is C25H34N6O. The van der Waals surface area contributed by atoms with Crippen LogP contribution in [0.5, 0.6) is 5.75 Å². The second-order valence-corrected chi connectivity index (χ2v) is 8.52. The van der Waals surface area contributed by atoms with Crippen LogP contribution >= 0.6 is 0 Å². The molecule has 3 aromatic rings. The summed E-state index contributed by atoms with van der Waals surface area (Å²) in [6.45, 7) is 8.38. The molecule has 2 N–H and O–H groups in total. The Kier molecular flexibility index (Phi) is 7.87. The first-order chi connectivity index (χ1) is 15.4. The minimum absolute atomic E-state index is 0.0406. The quantitative estimate of drug-likeness (QED) is 0.399. The predicted molar refractivity (Wildman–Crippen MR) is 129 cm³/mol. The molecule has 0 saturated carbocycles. The van der Waals surface area contributed by atoms with E-state index in [-0.39, 0.29) is 5.41 Å². The van der Waals surface area contributed by atoms with Crippen molar-refractivity contribution in [3.05, 3.63) is 77.4 Å². The maximum absolute atomic E-state index is 5.24. The van der Waals surface area contributed by atoms with Gasteiger partial charge in [-0.15, -0.1) is 10.2 Å². The summed E-state index contributed by atoms with van der Waals surface area (Å²) in [4.78, 5) is 4.77. The van der Waals surface area contributed by atoms with Crippen molar-refractivity contribution in [3.63, 3.8) is 0 Å². The van der Waals surface area contributed by atoms with Crippen LogP contribution in [-0.2, 0) is 25.4 Å². The summed E-state index contributed by atoms with van der Waals surface area (Å²) in [6, 6.07) is 18.7. The number of benzene rings is 2. The zero-order chi connectivity index (χ0) is 23.0. The number of ether oxygens (including phenoxy) is 1. The van der Waals surface area contributed by atoms with Crippen LogP contribution in [-0.4, -0.2) is 40.9 Å². The Bertz CT molecular complexity index is 1010. The van der Waals surface area contributed by atoms with Crippen LogP contribution in [0, 0.1) is 6.92 Å². The molecule has 0 spiro atoms. The first-order valence-electron chi connectivity index (χ1n) is 10.9. The largest absolute Gasteiger partial charge is 0.497 e. The van der Waals surface area contributed by atoms with E-state index in [4.69, 9.17) is 9.73 Å². The monoisotopic (exact) mass is 434 g/mol. The first kappa shape index (κ1) is 23.3. The summed E-state index contributed by atoms with van der Waals surface area (Å²) in [7, 11) is 3.64. The maximum Gasteiger partial charge on any atom is 0.191 e. The lowest BCUT2D eigenvalue weighted by atomic mass is 9.85. The van der Waals surface area contributed by atoms with Crippen molar-refractivity contribution in [2.75, 3.05) is 20.2 Å². The van der Waals surface area contributed by atoms with Crippen molar-refractivity contribution in [1.82, 2.24) is 25.4 Å². The number of hydrogen-bond acceptors (Lipinski definition) is 4. The zero-order valence-corrected chi connectivity index (χ0v) is 19.7. The Morgan fingerprint density at radius 1 is 1.03 bits per heavy atom.